The van der Waals surface area contributed by atoms with Crippen molar-refractivity contribution in [3.8, 4) is 5.69 Å². The van der Waals surface area contributed by atoms with Crippen molar-refractivity contribution in [2.24, 2.45) is 0 Å². The van der Waals surface area contributed by atoms with E-state index in [1.807, 2.05) is 6.20 Å². The topological polar surface area (TPSA) is 22.2 Å². The highest BCUT2D eigenvalue weighted by Gasteiger charge is 2.22. The second kappa shape index (κ2) is 5.65. The van der Waals surface area contributed by atoms with Crippen LogP contribution in [0, 0.1) is 0 Å². The van der Waals surface area contributed by atoms with Gasteiger partial charge in [0.15, 0.2) is 0 Å². The molecule has 4 heterocycles. The Balaban J connectivity index is 1.74. The lowest BCUT2D eigenvalue weighted by atomic mass is 10.1. The van der Waals surface area contributed by atoms with Crippen LogP contribution in [0.4, 0.5) is 0 Å². The van der Waals surface area contributed by atoms with Crippen molar-refractivity contribution in [1.82, 2.24) is 14.0 Å². The number of para-hydroxylation sites is 2. The van der Waals surface area contributed by atoms with Crippen LogP contribution in [0.25, 0.3) is 65.6 Å². The van der Waals surface area contributed by atoms with Crippen molar-refractivity contribution >= 4 is 59.9 Å². The Morgan fingerprint density at radius 1 is 0.594 bits per heavy atom. The van der Waals surface area contributed by atoms with E-state index in [4.69, 9.17) is 4.98 Å². The van der Waals surface area contributed by atoms with Crippen molar-refractivity contribution in [2.75, 3.05) is 0 Å². The maximum atomic E-state index is 5.02. The fourth-order valence-corrected chi connectivity index (χ4v) is 5.58. The monoisotopic (exact) mass is 407 g/mol. The maximum Gasteiger partial charge on any atom is 0.0991 e. The van der Waals surface area contributed by atoms with E-state index in [-0.39, 0.29) is 0 Å². The number of hydrogen-bond acceptors (Lipinski definition) is 1. The molecule has 0 N–H and O–H groups in total. The number of hydrogen-bond donors (Lipinski definition) is 0. The fourth-order valence-electron chi connectivity index (χ4n) is 5.58. The van der Waals surface area contributed by atoms with E-state index in [1.54, 1.807) is 0 Å². The van der Waals surface area contributed by atoms with Gasteiger partial charge in [0.25, 0.3) is 0 Å². The molecule has 0 radical (unpaired) electrons. The molecule has 0 aliphatic rings. The predicted molar refractivity (Wildman–Crippen MR) is 133 cm³/mol. The van der Waals surface area contributed by atoms with E-state index < -0.39 is 0 Å². The third-order valence-corrected chi connectivity index (χ3v) is 6.87. The molecular weight excluding hydrogens is 390 g/mol. The highest BCUT2D eigenvalue weighted by molar-refractivity contribution is 6.31. The zero-order chi connectivity index (χ0) is 20.8. The van der Waals surface area contributed by atoms with Crippen LogP contribution in [0.15, 0.2) is 103 Å². The van der Waals surface area contributed by atoms with Crippen molar-refractivity contribution < 1.29 is 0 Å². The van der Waals surface area contributed by atoms with Crippen molar-refractivity contribution in [3.05, 3.63) is 103 Å². The van der Waals surface area contributed by atoms with Crippen LogP contribution in [0.2, 0.25) is 0 Å². The molecule has 0 spiro atoms. The Hall–Kier alpha value is -4.37. The summed E-state index contributed by atoms with van der Waals surface area (Å²) in [5, 5.41) is 7.43. The molecule has 8 rings (SSSR count). The average molecular weight is 407 g/mol. The second-order valence-electron chi connectivity index (χ2n) is 8.50. The molecule has 0 amide bonds. The van der Waals surface area contributed by atoms with Gasteiger partial charge in [0.05, 0.1) is 33.0 Å². The van der Waals surface area contributed by atoms with Crippen LogP contribution >= 0.6 is 0 Å². The van der Waals surface area contributed by atoms with Gasteiger partial charge in [-0.1, -0.05) is 60.7 Å². The highest BCUT2D eigenvalue weighted by atomic mass is 15.0. The highest BCUT2D eigenvalue weighted by Crippen LogP contribution is 2.43. The van der Waals surface area contributed by atoms with Gasteiger partial charge in [0.1, 0.15) is 0 Å². The summed E-state index contributed by atoms with van der Waals surface area (Å²) in [6.07, 6.45) is 4.21. The molecule has 3 heteroatoms. The average Bonchev–Trinajstić information content (AvgIpc) is 3.52. The van der Waals surface area contributed by atoms with Crippen LogP contribution in [-0.2, 0) is 0 Å². The van der Waals surface area contributed by atoms with Crippen LogP contribution in [0.1, 0.15) is 0 Å². The molecule has 148 valence electrons. The third kappa shape index (κ3) is 1.85. The van der Waals surface area contributed by atoms with Gasteiger partial charge in [-0.15, -0.1) is 0 Å². The summed E-state index contributed by atoms with van der Waals surface area (Å²) in [6.45, 7) is 0. The van der Waals surface area contributed by atoms with E-state index in [9.17, 15) is 0 Å². The number of benzene rings is 4. The predicted octanol–water partition coefficient (Wildman–Crippen LogP) is 7.33. The van der Waals surface area contributed by atoms with Crippen molar-refractivity contribution in [3.63, 3.8) is 0 Å². The van der Waals surface area contributed by atoms with E-state index in [0.717, 1.165) is 5.52 Å². The summed E-state index contributed by atoms with van der Waals surface area (Å²) in [4.78, 5) is 5.02. The van der Waals surface area contributed by atoms with Gasteiger partial charge in [-0.2, -0.15) is 0 Å². The zero-order valence-corrected chi connectivity index (χ0v) is 17.2. The summed E-state index contributed by atoms with van der Waals surface area (Å²) >= 11 is 0. The largest absolute Gasteiger partial charge is 0.313 e. The van der Waals surface area contributed by atoms with E-state index in [1.165, 1.54) is 60.1 Å². The number of nitrogens with zero attached hydrogens (tertiary/aromatic N) is 3. The molecule has 0 saturated carbocycles. The molecular formula is C29H17N3. The van der Waals surface area contributed by atoms with E-state index in [2.05, 4.69) is 106 Å². The van der Waals surface area contributed by atoms with Gasteiger partial charge < -0.3 is 8.97 Å². The van der Waals surface area contributed by atoms with Gasteiger partial charge in [-0.3, -0.25) is 4.98 Å². The molecule has 4 aromatic heterocycles. The molecule has 8 aromatic rings. The Bertz CT molecular complexity index is 1970. The molecule has 0 saturated heterocycles. The second-order valence-corrected chi connectivity index (χ2v) is 8.50. The van der Waals surface area contributed by atoms with Gasteiger partial charge in [-0.05, 0) is 30.3 Å². The third-order valence-electron chi connectivity index (χ3n) is 6.87. The Labute approximate surface area is 183 Å². The Morgan fingerprint density at radius 3 is 2.28 bits per heavy atom. The summed E-state index contributed by atoms with van der Waals surface area (Å²) in [5.41, 5.74) is 7.11. The van der Waals surface area contributed by atoms with E-state index in [0.29, 0.717) is 0 Å². The fraction of sp³-hybridized carbons (Fsp3) is 0. The lowest BCUT2D eigenvalue weighted by molar-refractivity contribution is 1.19. The van der Waals surface area contributed by atoms with Crippen LogP contribution in [0.3, 0.4) is 0 Å². The zero-order valence-electron chi connectivity index (χ0n) is 17.2. The SMILES string of the molecule is c1ccc(-n2c3ccccc3c3cc4ccn5c6c7ccccc7cnc6c(c32)c45)cc1. The molecule has 0 aliphatic heterocycles. The summed E-state index contributed by atoms with van der Waals surface area (Å²) in [6, 6.07) is 32.5. The summed E-state index contributed by atoms with van der Waals surface area (Å²) in [7, 11) is 0. The first-order valence-electron chi connectivity index (χ1n) is 10.9. The molecule has 32 heavy (non-hydrogen) atoms. The van der Waals surface area contributed by atoms with Gasteiger partial charge in [0, 0.05) is 45.0 Å². The first-order chi connectivity index (χ1) is 15.9. The lowest BCUT2D eigenvalue weighted by Crippen LogP contribution is -1.93. The van der Waals surface area contributed by atoms with Gasteiger partial charge >= 0.3 is 0 Å². The lowest BCUT2D eigenvalue weighted by Gasteiger charge is -2.08. The van der Waals surface area contributed by atoms with Crippen molar-refractivity contribution in [1.29, 1.82) is 0 Å². The number of rotatable bonds is 1. The van der Waals surface area contributed by atoms with E-state index >= 15 is 0 Å². The van der Waals surface area contributed by atoms with Gasteiger partial charge in [-0.25, -0.2) is 0 Å². The van der Waals surface area contributed by atoms with Gasteiger partial charge in [0.2, 0.25) is 0 Å². The number of aromatic nitrogens is 3. The normalized spacial score (nSPS) is 12.4. The maximum absolute atomic E-state index is 5.02. The van der Waals surface area contributed by atoms with Crippen LogP contribution in [0.5, 0.6) is 0 Å². The minimum atomic E-state index is 1.06. The molecule has 0 atom stereocenters. The molecule has 3 nitrogen and oxygen atoms in total. The van der Waals surface area contributed by atoms with Crippen LogP contribution < -0.4 is 0 Å². The van der Waals surface area contributed by atoms with Crippen molar-refractivity contribution in [2.45, 2.75) is 0 Å². The van der Waals surface area contributed by atoms with Crippen LogP contribution in [-0.4, -0.2) is 14.0 Å². The molecule has 0 fully saturated rings. The first kappa shape index (κ1) is 16.3. The quantitative estimate of drug-likeness (QED) is 0.279. The first-order valence-corrected chi connectivity index (χ1v) is 10.9. The molecule has 4 aromatic carbocycles. The minimum Gasteiger partial charge on any atom is -0.313 e. The smallest absolute Gasteiger partial charge is 0.0991 e. The molecule has 0 bridgehead atoms. The molecule has 0 unspecified atom stereocenters. The summed E-state index contributed by atoms with van der Waals surface area (Å²) in [5.74, 6) is 0. The standard InChI is InChI=1S/C29H17N3/c1-2-9-20(10-3-1)32-24-13-7-6-12-22(24)23-16-18-14-15-31-27(18)25(28(23)32)26-29(31)21-11-5-4-8-19(21)17-30-26/h1-17H. The Kier molecular flexibility index (Phi) is 2.89. The minimum absolute atomic E-state index is 1.06. The Morgan fingerprint density at radius 2 is 1.38 bits per heavy atom. The number of fused-ring (bicyclic) bond motifs is 9. The number of pyridine rings is 1. The summed E-state index contributed by atoms with van der Waals surface area (Å²) < 4.78 is 4.74. The molecule has 0 aliphatic carbocycles.